The van der Waals surface area contributed by atoms with Gasteiger partial charge in [0.25, 0.3) is 5.91 Å². The van der Waals surface area contributed by atoms with E-state index in [4.69, 9.17) is 10.7 Å². The van der Waals surface area contributed by atoms with Gasteiger partial charge in [0.15, 0.2) is 11.5 Å². The number of aliphatic imine (C=N–C) groups is 1. The molecule has 1 fully saturated rings. The summed E-state index contributed by atoms with van der Waals surface area (Å²) in [5.41, 5.74) is 9.43. The van der Waals surface area contributed by atoms with Crippen LogP contribution in [0.25, 0.3) is 0 Å². The summed E-state index contributed by atoms with van der Waals surface area (Å²) in [5.74, 6) is 0.218. The van der Waals surface area contributed by atoms with Gasteiger partial charge >= 0.3 is 0 Å². The molecule has 4 aromatic carbocycles. The maximum absolute atomic E-state index is 14.0. The number of guanidine groups is 1. The Balaban J connectivity index is 1.21. The zero-order chi connectivity index (χ0) is 26.1. The lowest BCUT2D eigenvalue weighted by molar-refractivity contribution is -0.130. The summed E-state index contributed by atoms with van der Waals surface area (Å²) in [5, 5.41) is 3.06. The number of hydrogen-bond donors (Lipinski definition) is 2. The topological polar surface area (TPSA) is 87.8 Å². The van der Waals surface area contributed by atoms with Crippen molar-refractivity contribution in [3.05, 3.63) is 138 Å². The van der Waals surface area contributed by atoms with Gasteiger partial charge in [-0.1, -0.05) is 103 Å². The van der Waals surface area contributed by atoms with Crippen LogP contribution in [-0.4, -0.2) is 22.7 Å². The Hall–Kier alpha value is -4.71. The Bertz CT molecular complexity index is 1460. The first-order chi connectivity index (χ1) is 18.6. The number of amides is 2. The molecule has 4 aromatic rings. The van der Waals surface area contributed by atoms with E-state index < -0.39 is 5.54 Å². The van der Waals surface area contributed by atoms with Crippen molar-refractivity contribution >= 4 is 23.5 Å². The molecule has 0 unspecified atom stereocenters. The summed E-state index contributed by atoms with van der Waals surface area (Å²) in [6.45, 7) is 0.245. The Kier molecular flexibility index (Phi) is 6.00. The third kappa shape index (κ3) is 4.24. The summed E-state index contributed by atoms with van der Waals surface area (Å²) >= 11 is 0. The van der Waals surface area contributed by atoms with Crippen molar-refractivity contribution in [2.45, 2.75) is 24.4 Å². The third-order valence-electron chi connectivity index (χ3n) is 7.39. The zero-order valence-corrected chi connectivity index (χ0v) is 20.8. The highest BCUT2D eigenvalue weighted by atomic mass is 16.2. The van der Waals surface area contributed by atoms with Gasteiger partial charge in [0.2, 0.25) is 5.91 Å². The molecule has 0 bridgehead atoms. The van der Waals surface area contributed by atoms with Crippen molar-refractivity contribution in [1.82, 2.24) is 4.90 Å². The standard InChI is InChI=1S/C32H28N4O2/c33-31-35-32(24-14-6-2-7-15-24,25-16-8-3-9-17-25)30(38)36(31)21-22-11-10-18-26(19-22)34-29(37)28-20-27(28)23-12-4-1-5-13-23/h1-19,27-28H,20-21H2,(H2,33,35)(H,34,37)/t27-,28+/m0/s1. The highest BCUT2D eigenvalue weighted by molar-refractivity contribution is 6.09. The van der Waals surface area contributed by atoms with E-state index in [2.05, 4.69) is 17.4 Å². The number of carbonyl (C=O) groups is 2. The van der Waals surface area contributed by atoms with Crippen LogP contribution < -0.4 is 11.1 Å². The van der Waals surface area contributed by atoms with Crippen LogP contribution in [-0.2, 0) is 21.7 Å². The fourth-order valence-corrected chi connectivity index (χ4v) is 5.35. The van der Waals surface area contributed by atoms with Crippen molar-refractivity contribution in [2.24, 2.45) is 16.6 Å². The fraction of sp³-hybridized carbons (Fsp3) is 0.156. The van der Waals surface area contributed by atoms with Gasteiger partial charge in [-0.25, -0.2) is 4.99 Å². The van der Waals surface area contributed by atoms with Crippen LogP contribution in [0, 0.1) is 5.92 Å². The minimum absolute atomic E-state index is 0.0153. The molecule has 2 atom stereocenters. The molecule has 1 saturated carbocycles. The molecular weight excluding hydrogens is 472 g/mol. The Morgan fingerprint density at radius 1 is 0.868 bits per heavy atom. The smallest absolute Gasteiger partial charge is 0.266 e. The molecule has 1 heterocycles. The normalized spacial score (nSPS) is 19.6. The molecule has 6 heteroatoms. The van der Waals surface area contributed by atoms with Crippen LogP contribution in [0.3, 0.4) is 0 Å². The number of nitrogens with one attached hydrogen (secondary N) is 1. The molecule has 0 aromatic heterocycles. The lowest BCUT2D eigenvalue weighted by atomic mass is 9.83. The molecule has 2 aliphatic rings. The molecule has 1 aliphatic heterocycles. The molecule has 3 N–H and O–H groups in total. The van der Waals surface area contributed by atoms with Crippen molar-refractivity contribution in [3.63, 3.8) is 0 Å². The van der Waals surface area contributed by atoms with E-state index in [1.165, 1.54) is 10.5 Å². The van der Waals surface area contributed by atoms with Crippen LogP contribution in [0.1, 0.15) is 34.6 Å². The van der Waals surface area contributed by atoms with Gasteiger partial charge in [-0.15, -0.1) is 0 Å². The maximum Gasteiger partial charge on any atom is 0.266 e. The summed E-state index contributed by atoms with van der Waals surface area (Å²) in [6, 6.07) is 36.7. The average Bonchev–Trinajstić information content (AvgIpc) is 3.73. The highest BCUT2D eigenvalue weighted by Crippen LogP contribution is 2.48. The molecule has 2 amide bonds. The van der Waals surface area contributed by atoms with Gasteiger partial charge in [-0.2, -0.15) is 0 Å². The van der Waals surface area contributed by atoms with E-state index >= 15 is 0 Å². The van der Waals surface area contributed by atoms with Gasteiger partial charge in [-0.05, 0) is 46.7 Å². The number of rotatable bonds is 7. The highest BCUT2D eigenvalue weighted by Gasteiger charge is 2.50. The van der Waals surface area contributed by atoms with Crippen molar-refractivity contribution in [1.29, 1.82) is 0 Å². The van der Waals surface area contributed by atoms with Crippen molar-refractivity contribution in [3.8, 4) is 0 Å². The van der Waals surface area contributed by atoms with Crippen LogP contribution in [0.2, 0.25) is 0 Å². The Labute approximate surface area is 221 Å². The van der Waals surface area contributed by atoms with E-state index in [9.17, 15) is 9.59 Å². The second-order valence-electron chi connectivity index (χ2n) is 9.85. The number of nitrogens with zero attached hydrogens (tertiary/aromatic N) is 2. The van der Waals surface area contributed by atoms with Gasteiger partial charge in [-0.3, -0.25) is 14.5 Å². The predicted octanol–water partition coefficient (Wildman–Crippen LogP) is 5.03. The zero-order valence-electron chi connectivity index (χ0n) is 20.8. The lowest BCUT2D eigenvalue weighted by Crippen LogP contribution is -2.43. The number of benzene rings is 4. The molecule has 6 nitrogen and oxygen atoms in total. The number of carbonyl (C=O) groups excluding carboxylic acids is 2. The minimum atomic E-state index is -1.24. The average molecular weight is 501 g/mol. The Morgan fingerprint density at radius 3 is 2.11 bits per heavy atom. The lowest BCUT2D eigenvalue weighted by Gasteiger charge is -2.27. The number of hydrogen-bond acceptors (Lipinski definition) is 4. The first kappa shape index (κ1) is 23.7. The third-order valence-corrected chi connectivity index (χ3v) is 7.39. The monoisotopic (exact) mass is 500 g/mol. The van der Waals surface area contributed by atoms with Crippen LogP contribution in [0.15, 0.2) is 120 Å². The van der Waals surface area contributed by atoms with Gasteiger partial charge in [0.1, 0.15) is 0 Å². The van der Waals surface area contributed by atoms with Crippen LogP contribution in [0.4, 0.5) is 5.69 Å². The quantitative estimate of drug-likeness (QED) is 0.373. The SMILES string of the molecule is NC1=NC(c2ccccc2)(c2ccccc2)C(=O)N1Cc1cccc(NC(=O)[C@@H]2C[C@H]2c2ccccc2)c1. The molecular formula is C32H28N4O2. The Morgan fingerprint density at radius 2 is 1.47 bits per heavy atom. The fourth-order valence-electron chi connectivity index (χ4n) is 5.35. The van der Waals surface area contributed by atoms with Crippen molar-refractivity contribution in [2.75, 3.05) is 5.32 Å². The number of anilines is 1. The summed E-state index contributed by atoms with van der Waals surface area (Å²) in [6.07, 6.45) is 0.853. The first-order valence-electron chi connectivity index (χ1n) is 12.8. The predicted molar refractivity (Wildman–Crippen MR) is 148 cm³/mol. The minimum Gasteiger partial charge on any atom is -0.369 e. The number of nitrogens with two attached hydrogens (primary N) is 1. The molecule has 0 spiro atoms. The van der Waals surface area contributed by atoms with Gasteiger partial charge in [0.05, 0.1) is 6.54 Å². The molecule has 1 aliphatic carbocycles. The maximum atomic E-state index is 14.0. The van der Waals surface area contributed by atoms with E-state index in [1.54, 1.807) is 0 Å². The van der Waals surface area contributed by atoms with Gasteiger partial charge < -0.3 is 11.1 Å². The first-order valence-corrected chi connectivity index (χ1v) is 12.8. The van der Waals surface area contributed by atoms with Crippen molar-refractivity contribution < 1.29 is 9.59 Å². The van der Waals surface area contributed by atoms with Crippen LogP contribution >= 0.6 is 0 Å². The molecule has 6 rings (SSSR count). The summed E-state index contributed by atoms with van der Waals surface area (Å²) in [4.78, 5) is 33.2. The second kappa shape index (κ2) is 9.63. The van der Waals surface area contributed by atoms with E-state index in [0.717, 1.165) is 23.1 Å². The molecule has 0 radical (unpaired) electrons. The summed E-state index contributed by atoms with van der Waals surface area (Å²) < 4.78 is 0. The molecule has 0 saturated heterocycles. The van der Waals surface area contributed by atoms with E-state index in [1.807, 2.05) is 103 Å². The van der Waals surface area contributed by atoms with E-state index in [-0.39, 0.29) is 36.2 Å². The van der Waals surface area contributed by atoms with E-state index in [0.29, 0.717) is 5.69 Å². The molecule has 38 heavy (non-hydrogen) atoms. The summed E-state index contributed by atoms with van der Waals surface area (Å²) in [7, 11) is 0. The largest absolute Gasteiger partial charge is 0.369 e. The van der Waals surface area contributed by atoms with Gasteiger partial charge in [0, 0.05) is 11.6 Å². The van der Waals surface area contributed by atoms with Crippen LogP contribution in [0.5, 0.6) is 0 Å². The molecule has 188 valence electrons. The second-order valence-corrected chi connectivity index (χ2v) is 9.85.